The van der Waals surface area contributed by atoms with Gasteiger partial charge in [0.25, 0.3) is 5.69 Å². The van der Waals surface area contributed by atoms with Crippen molar-refractivity contribution in [2.75, 3.05) is 0 Å². The van der Waals surface area contributed by atoms with Gasteiger partial charge in [-0.1, -0.05) is 19.4 Å². The minimum Gasteiger partial charge on any atom is -0.456 e. The molecule has 1 rings (SSSR count). The Morgan fingerprint density at radius 2 is 2.05 bits per heavy atom. The summed E-state index contributed by atoms with van der Waals surface area (Å²) in [6.45, 7) is 7.12. The molecule has 0 radical (unpaired) electrons. The molecule has 0 saturated carbocycles. The van der Waals surface area contributed by atoms with Gasteiger partial charge in [-0.15, -0.1) is 0 Å². The molecule has 116 valence electrons. The van der Waals surface area contributed by atoms with Crippen molar-refractivity contribution in [3.63, 3.8) is 0 Å². The number of rotatable bonds is 5. The number of nitro groups is 1. The lowest BCUT2D eigenvalue weighted by atomic mass is 10.0. The van der Waals surface area contributed by atoms with Crippen LogP contribution < -0.4 is 5.73 Å². The van der Waals surface area contributed by atoms with Gasteiger partial charge in [-0.3, -0.25) is 10.1 Å². The highest BCUT2D eigenvalue weighted by molar-refractivity contribution is 5.94. The summed E-state index contributed by atoms with van der Waals surface area (Å²) in [4.78, 5) is 22.6. The van der Waals surface area contributed by atoms with Crippen LogP contribution in [0.2, 0.25) is 0 Å². The topological polar surface area (TPSA) is 95.5 Å². The summed E-state index contributed by atoms with van der Waals surface area (Å²) in [5.74, 6) is -0.704. The summed E-state index contributed by atoms with van der Waals surface area (Å²) >= 11 is 0. The molecule has 21 heavy (non-hydrogen) atoms. The van der Waals surface area contributed by atoms with Gasteiger partial charge in [0, 0.05) is 12.1 Å². The molecule has 0 aromatic heterocycles. The fourth-order valence-electron chi connectivity index (χ4n) is 1.91. The maximum absolute atomic E-state index is 12.0. The van der Waals surface area contributed by atoms with Crippen LogP contribution in [0.4, 0.5) is 5.69 Å². The Labute approximate surface area is 124 Å². The number of nitrogens with two attached hydrogens (primary N) is 1. The summed E-state index contributed by atoms with van der Waals surface area (Å²) in [7, 11) is 0. The monoisotopic (exact) mass is 294 g/mol. The van der Waals surface area contributed by atoms with Crippen molar-refractivity contribution in [2.45, 2.75) is 52.2 Å². The molecule has 0 bridgehead atoms. The number of carbonyl (C=O) groups excluding carboxylic acids is 1. The Bertz CT molecular complexity index is 535. The smallest absolute Gasteiger partial charge is 0.345 e. The predicted octanol–water partition coefficient (Wildman–Crippen LogP) is 3.35. The van der Waals surface area contributed by atoms with E-state index in [1.54, 1.807) is 26.8 Å². The van der Waals surface area contributed by atoms with Gasteiger partial charge in [0.15, 0.2) is 0 Å². The van der Waals surface area contributed by atoms with Crippen molar-refractivity contribution in [3.8, 4) is 0 Å². The zero-order valence-electron chi connectivity index (χ0n) is 12.9. The molecule has 1 atom stereocenters. The highest BCUT2D eigenvalue weighted by Crippen LogP contribution is 2.26. The molecule has 1 aromatic rings. The van der Waals surface area contributed by atoms with Crippen molar-refractivity contribution in [1.29, 1.82) is 0 Å². The molecule has 0 aliphatic rings. The fourth-order valence-corrected chi connectivity index (χ4v) is 1.91. The van der Waals surface area contributed by atoms with Crippen LogP contribution in [0.5, 0.6) is 0 Å². The fraction of sp³-hybridized carbons (Fsp3) is 0.533. The SMILES string of the molecule is CCC[C@@H](N)c1ccc(C(=O)OC(C)(C)C)c([N+](=O)[O-])c1. The summed E-state index contributed by atoms with van der Waals surface area (Å²) in [6, 6.07) is 4.14. The van der Waals surface area contributed by atoms with Crippen LogP contribution in [-0.2, 0) is 4.74 Å². The Balaban J connectivity index is 3.16. The Kier molecular flexibility index (Phi) is 5.43. The number of carbonyl (C=O) groups is 1. The van der Waals surface area contributed by atoms with Crippen LogP contribution in [0.25, 0.3) is 0 Å². The number of hydrogen-bond acceptors (Lipinski definition) is 5. The first-order chi connectivity index (χ1) is 9.65. The first-order valence-electron chi connectivity index (χ1n) is 6.93. The molecule has 1 aromatic carbocycles. The second kappa shape index (κ2) is 6.67. The van der Waals surface area contributed by atoms with Crippen LogP contribution in [0.15, 0.2) is 18.2 Å². The highest BCUT2D eigenvalue weighted by atomic mass is 16.6. The zero-order valence-corrected chi connectivity index (χ0v) is 12.9. The van der Waals surface area contributed by atoms with E-state index in [1.165, 1.54) is 12.1 Å². The molecule has 0 heterocycles. The molecule has 0 amide bonds. The lowest BCUT2D eigenvalue weighted by Gasteiger charge is -2.19. The average Bonchev–Trinajstić information content (AvgIpc) is 2.36. The third kappa shape index (κ3) is 4.82. The quantitative estimate of drug-likeness (QED) is 0.510. The lowest BCUT2D eigenvalue weighted by Crippen LogP contribution is -2.24. The molecule has 0 fully saturated rings. The Morgan fingerprint density at radius 3 is 2.52 bits per heavy atom. The molecule has 0 aliphatic heterocycles. The lowest BCUT2D eigenvalue weighted by molar-refractivity contribution is -0.385. The molecule has 0 saturated heterocycles. The standard InChI is InChI=1S/C15H22N2O4/c1-5-6-12(16)10-7-8-11(13(9-10)17(19)20)14(18)21-15(2,3)4/h7-9,12H,5-6,16H2,1-4H3/t12-/m1/s1. The minimum absolute atomic E-state index is 0.0534. The van der Waals surface area contributed by atoms with Gasteiger partial charge in [0.1, 0.15) is 11.2 Å². The van der Waals surface area contributed by atoms with Crippen molar-refractivity contribution < 1.29 is 14.5 Å². The minimum atomic E-state index is -0.706. The molecular weight excluding hydrogens is 272 g/mol. The third-order valence-electron chi connectivity index (χ3n) is 2.87. The number of hydrogen-bond donors (Lipinski definition) is 1. The van der Waals surface area contributed by atoms with E-state index in [4.69, 9.17) is 10.5 Å². The van der Waals surface area contributed by atoms with E-state index in [2.05, 4.69) is 0 Å². The normalized spacial score (nSPS) is 12.8. The number of nitrogens with zero attached hydrogens (tertiary/aromatic N) is 1. The van der Waals surface area contributed by atoms with Gasteiger partial charge in [-0.2, -0.15) is 0 Å². The van der Waals surface area contributed by atoms with E-state index in [0.29, 0.717) is 5.56 Å². The van der Waals surface area contributed by atoms with Crippen molar-refractivity contribution in [3.05, 3.63) is 39.4 Å². The van der Waals surface area contributed by atoms with Gasteiger partial charge in [0.05, 0.1) is 4.92 Å². The second-order valence-electron chi connectivity index (χ2n) is 5.93. The van der Waals surface area contributed by atoms with Crippen LogP contribution in [0.3, 0.4) is 0 Å². The van der Waals surface area contributed by atoms with E-state index in [-0.39, 0.29) is 17.3 Å². The first kappa shape index (κ1) is 17.1. The third-order valence-corrected chi connectivity index (χ3v) is 2.87. The Hall–Kier alpha value is -1.95. The maximum Gasteiger partial charge on any atom is 0.345 e. The number of benzene rings is 1. The van der Waals surface area contributed by atoms with E-state index in [1.807, 2.05) is 6.92 Å². The van der Waals surface area contributed by atoms with Crippen LogP contribution in [0, 0.1) is 10.1 Å². The Morgan fingerprint density at radius 1 is 1.43 bits per heavy atom. The molecular formula is C15H22N2O4. The zero-order chi connectivity index (χ0) is 16.2. The van der Waals surface area contributed by atoms with Gasteiger partial charge in [-0.05, 0) is 38.8 Å². The van der Waals surface area contributed by atoms with Crippen molar-refractivity contribution in [2.24, 2.45) is 5.73 Å². The molecule has 6 nitrogen and oxygen atoms in total. The molecule has 0 aliphatic carbocycles. The van der Waals surface area contributed by atoms with Crippen molar-refractivity contribution >= 4 is 11.7 Å². The molecule has 2 N–H and O–H groups in total. The van der Waals surface area contributed by atoms with Gasteiger partial charge >= 0.3 is 5.97 Å². The molecule has 6 heteroatoms. The van der Waals surface area contributed by atoms with Crippen LogP contribution in [-0.4, -0.2) is 16.5 Å². The summed E-state index contributed by atoms with van der Waals surface area (Å²) in [5.41, 5.74) is 5.58. The second-order valence-corrected chi connectivity index (χ2v) is 5.93. The van der Waals surface area contributed by atoms with E-state index in [0.717, 1.165) is 12.8 Å². The highest BCUT2D eigenvalue weighted by Gasteiger charge is 2.26. The largest absolute Gasteiger partial charge is 0.456 e. The predicted molar refractivity (Wildman–Crippen MR) is 80.1 cm³/mol. The van der Waals surface area contributed by atoms with Crippen LogP contribution >= 0.6 is 0 Å². The molecule has 0 unspecified atom stereocenters. The van der Waals surface area contributed by atoms with Gasteiger partial charge in [0.2, 0.25) is 0 Å². The number of esters is 1. The number of ether oxygens (including phenoxy) is 1. The summed E-state index contributed by atoms with van der Waals surface area (Å²) in [5, 5.41) is 11.2. The van der Waals surface area contributed by atoms with Crippen LogP contribution in [0.1, 0.15) is 62.5 Å². The van der Waals surface area contributed by atoms with Gasteiger partial charge in [-0.25, -0.2) is 4.79 Å². The maximum atomic E-state index is 12.0. The van der Waals surface area contributed by atoms with Gasteiger partial charge < -0.3 is 10.5 Å². The summed E-state index contributed by atoms with van der Waals surface area (Å²) in [6.07, 6.45) is 1.60. The first-order valence-corrected chi connectivity index (χ1v) is 6.93. The van der Waals surface area contributed by atoms with Crippen molar-refractivity contribution in [1.82, 2.24) is 0 Å². The molecule has 0 spiro atoms. The van der Waals surface area contributed by atoms with E-state index >= 15 is 0 Å². The van der Waals surface area contributed by atoms with E-state index < -0.39 is 16.5 Å². The van der Waals surface area contributed by atoms with E-state index in [9.17, 15) is 14.9 Å². The number of nitro benzene ring substituents is 1. The summed E-state index contributed by atoms with van der Waals surface area (Å²) < 4.78 is 5.19. The average molecular weight is 294 g/mol.